The predicted octanol–water partition coefficient (Wildman–Crippen LogP) is 2.13. The minimum Gasteiger partial charge on any atom is -0.548 e. The maximum atomic E-state index is 11.1. The van der Waals surface area contributed by atoms with Gasteiger partial charge < -0.3 is 33.6 Å². The van der Waals surface area contributed by atoms with Gasteiger partial charge in [0.05, 0.1) is 46.7 Å². The summed E-state index contributed by atoms with van der Waals surface area (Å²) in [6.45, 7) is -0.607. The molecule has 1 atom stereocenters. The van der Waals surface area contributed by atoms with Crippen LogP contribution in [0.15, 0.2) is 42.6 Å². The minimum atomic E-state index is -1.33. The normalized spacial score (nSPS) is 11.7. The summed E-state index contributed by atoms with van der Waals surface area (Å²) < 4.78 is 27.1. The van der Waals surface area contributed by atoms with Crippen LogP contribution in [0.4, 0.5) is 0 Å². The van der Waals surface area contributed by atoms with Crippen LogP contribution in [0.5, 0.6) is 23.0 Å². The summed E-state index contributed by atoms with van der Waals surface area (Å²) in [6, 6.07) is 10.6. The molecule has 0 N–H and O–H groups in total. The zero-order valence-corrected chi connectivity index (χ0v) is 17.1. The molecule has 0 radical (unpaired) electrons. The Morgan fingerprint density at radius 3 is 2.17 bits per heavy atom. The van der Waals surface area contributed by atoms with Crippen LogP contribution in [0.3, 0.4) is 0 Å². The van der Waals surface area contributed by atoms with E-state index in [0.29, 0.717) is 34.3 Å². The number of carboxylic acids is 1. The molecule has 0 saturated carbocycles. The molecular formula is C22H22NO7-. The van der Waals surface area contributed by atoms with Crippen molar-refractivity contribution in [2.75, 3.05) is 35.0 Å². The average molecular weight is 412 g/mol. The van der Waals surface area contributed by atoms with Gasteiger partial charge in [0.2, 0.25) is 0 Å². The highest BCUT2D eigenvalue weighted by atomic mass is 16.5. The number of pyridine rings is 1. The van der Waals surface area contributed by atoms with Gasteiger partial charge in [-0.05, 0) is 41.3 Å². The van der Waals surface area contributed by atoms with Gasteiger partial charge in [-0.25, -0.2) is 0 Å². The molecule has 0 aliphatic heterocycles. The Balaban J connectivity index is 2.19. The van der Waals surface area contributed by atoms with Crippen LogP contribution in [0.2, 0.25) is 0 Å². The number of rotatable bonds is 9. The van der Waals surface area contributed by atoms with Crippen molar-refractivity contribution in [2.24, 2.45) is 0 Å². The Labute approximate surface area is 173 Å². The molecule has 0 unspecified atom stereocenters. The highest BCUT2D eigenvalue weighted by Gasteiger charge is 2.22. The van der Waals surface area contributed by atoms with Crippen molar-refractivity contribution < 1.29 is 33.6 Å². The average Bonchev–Trinajstić information content (AvgIpc) is 2.77. The third-order valence-electron chi connectivity index (χ3n) is 4.63. The zero-order valence-electron chi connectivity index (χ0n) is 17.1. The van der Waals surface area contributed by atoms with Gasteiger partial charge in [-0.2, -0.15) is 0 Å². The third kappa shape index (κ3) is 4.23. The molecule has 0 bridgehead atoms. The number of nitrogens with zero attached hydrogens (tertiary/aromatic N) is 1. The Bertz CT molecular complexity index is 1050. The first-order valence-corrected chi connectivity index (χ1v) is 9.06. The number of hydrogen-bond acceptors (Lipinski definition) is 8. The van der Waals surface area contributed by atoms with E-state index in [1.165, 1.54) is 21.3 Å². The van der Waals surface area contributed by atoms with Gasteiger partial charge >= 0.3 is 0 Å². The van der Waals surface area contributed by atoms with Crippen LogP contribution >= 0.6 is 0 Å². The molecule has 0 fully saturated rings. The fraction of sp³-hybridized carbons (Fsp3) is 0.273. The van der Waals surface area contributed by atoms with E-state index in [0.717, 1.165) is 10.8 Å². The maximum Gasteiger partial charge on any atom is 0.161 e. The lowest BCUT2D eigenvalue weighted by Gasteiger charge is -2.21. The van der Waals surface area contributed by atoms with Gasteiger partial charge in [0, 0.05) is 11.6 Å². The van der Waals surface area contributed by atoms with Gasteiger partial charge in [-0.15, -0.1) is 0 Å². The van der Waals surface area contributed by atoms with E-state index in [2.05, 4.69) is 4.98 Å². The Hall–Kier alpha value is -3.52. The molecule has 8 nitrogen and oxygen atoms in total. The Kier molecular flexibility index (Phi) is 6.58. The summed E-state index contributed by atoms with van der Waals surface area (Å²) in [5.74, 6) is 0.777. The fourth-order valence-corrected chi connectivity index (χ4v) is 3.23. The molecule has 0 amide bonds. The molecule has 30 heavy (non-hydrogen) atoms. The molecule has 3 rings (SSSR count). The first kappa shape index (κ1) is 21.2. The second-order valence-corrected chi connectivity index (χ2v) is 6.30. The summed E-state index contributed by atoms with van der Waals surface area (Å²) >= 11 is 0. The lowest BCUT2D eigenvalue weighted by molar-refractivity contribution is -0.310. The SMILES string of the molecule is COc1ccc([C@@H](OCC(=O)[O-])c2nccc3cc(OC)c(OC)cc23)cc1OC. The lowest BCUT2D eigenvalue weighted by Crippen LogP contribution is -2.28. The topological polar surface area (TPSA) is 99.2 Å². The first-order valence-electron chi connectivity index (χ1n) is 9.06. The predicted molar refractivity (Wildman–Crippen MR) is 107 cm³/mol. The summed E-state index contributed by atoms with van der Waals surface area (Å²) in [5.41, 5.74) is 1.16. The smallest absolute Gasteiger partial charge is 0.161 e. The summed E-state index contributed by atoms with van der Waals surface area (Å²) in [7, 11) is 6.15. The molecule has 0 spiro atoms. The summed E-state index contributed by atoms with van der Waals surface area (Å²) in [4.78, 5) is 15.6. The number of benzene rings is 2. The van der Waals surface area contributed by atoms with E-state index in [9.17, 15) is 9.90 Å². The number of aromatic nitrogens is 1. The largest absolute Gasteiger partial charge is 0.548 e. The minimum absolute atomic E-state index is 0.483. The molecule has 1 aromatic heterocycles. The zero-order chi connectivity index (χ0) is 21.7. The van der Waals surface area contributed by atoms with Crippen molar-refractivity contribution in [3.63, 3.8) is 0 Å². The number of carbonyl (C=O) groups excluding carboxylic acids is 1. The van der Waals surface area contributed by atoms with Crippen molar-refractivity contribution in [3.05, 3.63) is 53.9 Å². The molecule has 0 saturated heterocycles. The number of fused-ring (bicyclic) bond motifs is 1. The maximum absolute atomic E-state index is 11.1. The van der Waals surface area contributed by atoms with Crippen LogP contribution in [-0.4, -0.2) is 46.0 Å². The lowest BCUT2D eigenvalue weighted by atomic mass is 9.99. The van der Waals surface area contributed by atoms with Crippen molar-refractivity contribution in [1.82, 2.24) is 4.98 Å². The second-order valence-electron chi connectivity index (χ2n) is 6.30. The fourth-order valence-electron chi connectivity index (χ4n) is 3.23. The quantitative estimate of drug-likeness (QED) is 0.527. The third-order valence-corrected chi connectivity index (χ3v) is 4.63. The molecule has 3 aromatic rings. The van der Waals surface area contributed by atoms with Gasteiger partial charge in [-0.3, -0.25) is 4.98 Å². The Morgan fingerprint density at radius 1 is 0.900 bits per heavy atom. The van der Waals surface area contributed by atoms with Gasteiger partial charge in [0.15, 0.2) is 23.0 Å². The molecule has 0 aliphatic carbocycles. The molecular weight excluding hydrogens is 390 g/mol. The Morgan fingerprint density at radius 2 is 1.53 bits per heavy atom. The van der Waals surface area contributed by atoms with E-state index in [4.69, 9.17) is 23.7 Å². The monoisotopic (exact) mass is 412 g/mol. The first-order chi connectivity index (χ1) is 14.5. The highest BCUT2D eigenvalue weighted by molar-refractivity contribution is 5.88. The number of carbonyl (C=O) groups is 1. The number of ether oxygens (including phenoxy) is 5. The van der Waals surface area contributed by atoms with E-state index >= 15 is 0 Å². The highest BCUT2D eigenvalue weighted by Crippen LogP contribution is 2.38. The van der Waals surface area contributed by atoms with Crippen molar-refractivity contribution in [2.45, 2.75) is 6.10 Å². The van der Waals surface area contributed by atoms with Gasteiger partial charge in [0.25, 0.3) is 0 Å². The second kappa shape index (κ2) is 9.32. The molecule has 8 heteroatoms. The number of aliphatic carboxylic acids is 1. The van der Waals surface area contributed by atoms with Gasteiger partial charge in [-0.1, -0.05) is 6.07 Å². The van der Waals surface area contributed by atoms with Gasteiger partial charge in [0.1, 0.15) is 6.10 Å². The molecule has 158 valence electrons. The van der Waals surface area contributed by atoms with Crippen LogP contribution < -0.4 is 24.1 Å². The molecule has 2 aromatic carbocycles. The molecule has 1 heterocycles. The van der Waals surface area contributed by atoms with E-state index in [1.54, 1.807) is 37.6 Å². The van der Waals surface area contributed by atoms with Crippen LogP contribution in [0.1, 0.15) is 17.4 Å². The van der Waals surface area contributed by atoms with E-state index < -0.39 is 18.7 Å². The molecule has 0 aliphatic rings. The summed E-state index contributed by atoms with van der Waals surface area (Å²) in [6.07, 6.45) is 0.823. The summed E-state index contributed by atoms with van der Waals surface area (Å²) in [5, 5.41) is 12.7. The van der Waals surface area contributed by atoms with Crippen LogP contribution in [0, 0.1) is 0 Å². The van der Waals surface area contributed by atoms with Crippen molar-refractivity contribution >= 4 is 16.7 Å². The van der Waals surface area contributed by atoms with Crippen molar-refractivity contribution in [3.8, 4) is 23.0 Å². The number of carboxylic acid groups (broad SMARTS) is 1. The number of hydrogen-bond donors (Lipinski definition) is 0. The number of methoxy groups -OCH3 is 4. The van der Waals surface area contributed by atoms with Crippen LogP contribution in [0.25, 0.3) is 10.8 Å². The van der Waals surface area contributed by atoms with E-state index in [1.807, 2.05) is 12.1 Å². The van der Waals surface area contributed by atoms with E-state index in [-0.39, 0.29) is 0 Å². The van der Waals surface area contributed by atoms with Crippen LogP contribution in [-0.2, 0) is 9.53 Å². The van der Waals surface area contributed by atoms with Crippen molar-refractivity contribution in [1.29, 1.82) is 0 Å². The standard InChI is InChI=1S/C22H23NO7/c1-26-16-6-5-14(10-17(16)27-2)22(30-12-20(24)25)21-15-11-19(29-4)18(28-3)9-13(15)7-8-23-21/h5-11,22H,12H2,1-4H3,(H,24,25)/p-1/t22-/m1/s1.